The van der Waals surface area contributed by atoms with Gasteiger partial charge in [-0.15, -0.1) is 0 Å². The van der Waals surface area contributed by atoms with Crippen LogP contribution < -0.4 is 10.1 Å². The first-order valence-electron chi connectivity index (χ1n) is 5.83. The number of benzene rings is 1. The largest absolute Gasteiger partial charge is 0.485 e. The van der Waals surface area contributed by atoms with Gasteiger partial charge in [-0.3, -0.25) is 0 Å². The van der Waals surface area contributed by atoms with E-state index in [1.54, 1.807) is 11.3 Å². The quantitative estimate of drug-likeness (QED) is 0.874. The van der Waals surface area contributed by atoms with Gasteiger partial charge in [0.25, 0.3) is 0 Å². The molecule has 3 rings (SSSR count). The summed E-state index contributed by atoms with van der Waals surface area (Å²) in [6.45, 7) is 0. The predicted octanol–water partition coefficient (Wildman–Crippen LogP) is 3.53. The SMILES string of the molecule is CNC1CC(c2ccsc2)Oc2ccccc21. The van der Waals surface area contributed by atoms with Gasteiger partial charge in [0.05, 0.1) is 0 Å². The normalized spacial score (nSPS) is 22.9. The lowest BCUT2D eigenvalue weighted by molar-refractivity contribution is 0.154. The monoisotopic (exact) mass is 245 g/mol. The third-order valence-corrected chi connectivity index (χ3v) is 3.98. The highest BCUT2D eigenvalue weighted by Gasteiger charge is 2.28. The summed E-state index contributed by atoms with van der Waals surface area (Å²) < 4.78 is 6.08. The van der Waals surface area contributed by atoms with Crippen molar-refractivity contribution in [2.75, 3.05) is 7.05 Å². The van der Waals surface area contributed by atoms with Gasteiger partial charge in [-0.25, -0.2) is 0 Å². The summed E-state index contributed by atoms with van der Waals surface area (Å²) in [5.74, 6) is 1.01. The van der Waals surface area contributed by atoms with E-state index in [-0.39, 0.29) is 6.10 Å². The highest BCUT2D eigenvalue weighted by molar-refractivity contribution is 7.07. The van der Waals surface area contributed by atoms with Gasteiger partial charge < -0.3 is 10.1 Å². The van der Waals surface area contributed by atoms with Crippen LogP contribution in [0.1, 0.15) is 29.7 Å². The molecule has 2 unspecified atom stereocenters. The first-order chi connectivity index (χ1) is 8.38. The Labute approximate surface area is 105 Å². The molecule has 0 spiro atoms. The molecule has 0 amide bonds. The van der Waals surface area contributed by atoms with Crippen LogP contribution in [0.4, 0.5) is 0 Å². The third kappa shape index (κ3) is 1.96. The van der Waals surface area contributed by atoms with Crippen LogP contribution in [0.2, 0.25) is 0 Å². The zero-order valence-corrected chi connectivity index (χ0v) is 10.5. The van der Waals surface area contributed by atoms with E-state index in [9.17, 15) is 0 Å². The molecule has 88 valence electrons. The molecule has 1 aliphatic heterocycles. The average molecular weight is 245 g/mol. The van der Waals surface area contributed by atoms with Crippen molar-refractivity contribution >= 4 is 11.3 Å². The third-order valence-electron chi connectivity index (χ3n) is 3.28. The van der Waals surface area contributed by atoms with Gasteiger partial charge in [-0.2, -0.15) is 11.3 Å². The van der Waals surface area contributed by atoms with E-state index in [4.69, 9.17) is 4.74 Å². The summed E-state index contributed by atoms with van der Waals surface area (Å²) in [7, 11) is 2.01. The summed E-state index contributed by atoms with van der Waals surface area (Å²) in [5.41, 5.74) is 2.55. The average Bonchev–Trinajstić information content (AvgIpc) is 2.91. The van der Waals surface area contributed by atoms with Crippen molar-refractivity contribution in [3.8, 4) is 5.75 Å². The number of para-hydroxylation sites is 1. The van der Waals surface area contributed by atoms with E-state index in [0.717, 1.165) is 12.2 Å². The Balaban J connectivity index is 1.95. The Hall–Kier alpha value is -1.32. The zero-order valence-electron chi connectivity index (χ0n) is 9.72. The Kier molecular flexibility index (Phi) is 2.87. The molecule has 0 saturated carbocycles. The fraction of sp³-hybridized carbons (Fsp3) is 0.286. The van der Waals surface area contributed by atoms with Crippen LogP contribution in [-0.4, -0.2) is 7.05 Å². The molecule has 0 bridgehead atoms. The van der Waals surface area contributed by atoms with Gasteiger partial charge in [-0.1, -0.05) is 18.2 Å². The smallest absolute Gasteiger partial charge is 0.126 e. The summed E-state index contributed by atoms with van der Waals surface area (Å²) in [4.78, 5) is 0. The maximum absolute atomic E-state index is 6.08. The van der Waals surface area contributed by atoms with Gasteiger partial charge in [-0.05, 0) is 29.9 Å². The van der Waals surface area contributed by atoms with Gasteiger partial charge in [0.1, 0.15) is 11.9 Å². The fourth-order valence-corrected chi connectivity index (χ4v) is 3.06. The number of hydrogen-bond acceptors (Lipinski definition) is 3. The molecule has 17 heavy (non-hydrogen) atoms. The summed E-state index contributed by atoms with van der Waals surface area (Å²) in [5, 5.41) is 7.65. The number of rotatable bonds is 2. The Morgan fingerprint density at radius 1 is 1.29 bits per heavy atom. The van der Waals surface area contributed by atoms with Crippen LogP contribution in [0.5, 0.6) is 5.75 Å². The number of nitrogens with one attached hydrogen (secondary N) is 1. The molecule has 0 aliphatic carbocycles. The zero-order chi connectivity index (χ0) is 11.7. The summed E-state index contributed by atoms with van der Waals surface area (Å²) in [6.07, 6.45) is 1.16. The molecule has 1 N–H and O–H groups in total. The second-order valence-electron chi connectivity index (χ2n) is 4.28. The van der Waals surface area contributed by atoms with E-state index in [0.29, 0.717) is 6.04 Å². The summed E-state index contributed by atoms with van der Waals surface area (Å²) in [6, 6.07) is 10.8. The van der Waals surface area contributed by atoms with Crippen molar-refractivity contribution in [1.29, 1.82) is 0 Å². The van der Waals surface area contributed by atoms with Gasteiger partial charge in [0, 0.05) is 23.6 Å². The molecule has 1 aromatic heterocycles. The number of hydrogen-bond donors (Lipinski definition) is 1. The molecule has 2 aromatic rings. The first kappa shape index (κ1) is 10.8. The van der Waals surface area contributed by atoms with Gasteiger partial charge in [0.2, 0.25) is 0 Å². The van der Waals surface area contributed by atoms with Crippen molar-refractivity contribution in [2.24, 2.45) is 0 Å². The van der Waals surface area contributed by atoms with Crippen molar-refractivity contribution in [3.05, 3.63) is 52.2 Å². The van der Waals surface area contributed by atoms with Crippen LogP contribution in [0, 0.1) is 0 Å². The highest BCUT2D eigenvalue weighted by Crippen LogP contribution is 2.40. The molecular weight excluding hydrogens is 230 g/mol. The van der Waals surface area contributed by atoms with Crippen molar-refractivity contribution in [1.82, 2.24) is 5.32 Å². The lowest BCUT2D eigenvalue weighted by atomic mass is 9.94. The minimum atomic E-state index is 0.175. The maximum atomic E-state index is 6.08. The summed E-state index contributed by atoms with van der Waals surface area (Å²) >= 11 is 1.72. The van der Waals surface area contributed by atoms with Crippen LogP contribution in [0.3, 0.4) is 0 Å². The number of ether oxygens (including phenoxy) is 1. The Morgan fingerprint density at radius 2 is 2.18 bits per heavy atom. The van der Waals surface area contributed by atoms with E-state index in [1.165, 1.54) is 11.1 Å². The van der Waals surface area contributed by atoms with Crippen molar-refractivity contribution in [3.63, 3.8) is 0 Å². The van der Waals surface area contributed by atoms with Crippen LogP contribution >= 0.6 is 11.3 Å². The molecule has 2 atom stereocenters. The second-order valence-corrected chi connectivity index (χ2v) is 5.06. The standard InChI is InChI=1S/C14H15NOS/c1-15-12-8-14(10-6-7-17-9-10)16-13-5-3-2-4-11(12)13/h2-7,9,12,14-15H,8H2,1H3. The maximum Gasteiger partial charge on any atom is 0.126 e. The number of fused-ring (bicyclic) bond motifs is 1. The van der Waals surface area contributed by atoms with Gasteiger partial charge >= 0.3 is 0 Å². The molecule has 3 heteroatoms. The Bertz CT molecular complexity index is 495. The van der Waals surface area contributed by atoms with Crippen LogP contribution in [-0.2, 0) is 0 Å². The highest BCUT2D eigenvalue weighted by atomic mass is 32.1. The van der Waals surface area contributed by atoms with Crippen LogP contribution in [0.15, 0.2) is 41.1 Å². The molecule has 1 aromatic carbocycles. The molecule has 0 fully saturated rings. The molecule has 2 nitrogen and oxygen atoms in total. The van der Waals surface area contributed by atoms with Crippen molar-refractivity contribution < 1.29 is 4.74 Å². The molecule has 0 saturated heterocycles. The van der Waals surface area contributed by atoms with E-state index in [1.807, 2.05) is 13.1 Å². The first-order valence-corrected chi connectivity index (χ1v) is 6.77. The second kappa shape index (κ2) is 4.51. The van der Waals surface area contributed by atoms with Crippen molar-refractivity contribution in [2.45, 2.75) is 18.6 Å². The molecule has 2 heterocycles. The van der Waals surface area contributed by atoms with Gasteiger partial charge in [0.15, 0.2) is 0 Å². The molecule has 1 aliphatic rings. The van der Waals surface area contributed by atoms with E-state index in [2.05, 4.69) is 40.3 Å². The van der Waals surface area contributed by atoms with E-state index < -0.39 is 0 Å². The molecular formula is C14H15NOS. The lowest BCUT2D eigenvalue weighted by Crippen LogP contribution is -2.26. The number of thiophene rings is 1. The Morgan fingerprint density at radius 3 is 2.94 bits per heavy atom. The predicted molar refractivity (Wildman–Crippen MR) is 70.5 cm³/mol. The van der Waals surface area contributed by atoms with Crippen LogP contribution in [0.25, 0.3) is 0 Å². The fourth-order valence-electron chi connectivity index (χ4n) is 2.35. The van der Waals surface area contributed by atoms with E-state index >= 15 is 0 Å². The topological polar surface area (TPSA) is 21.3 Å². The molecule has 0 radical (unpaired) electrons. The minimum absolute atomic E-state index is 0.175. The minimum Gasteiger partial charge on any atom is -0.485 e. The lowest BCUT2D eigenvalue weighted by Gasteiger charge is -2.31.